The lowest BCUT2D eigenvalue weighted by Gasteiger charge is -2.08. The van der Waals surface area contributed by atoms with Crippen LogP contribution in [0.3, 0.4) is 0 Å². The molecule has 4 heterocycles. The fourth-order valence-corrected chi connectivity index (χ4v) is 3.93. The van der Waals surface area contributed by atoms with Crippen LogP contribution < -0.4 is 0 Å². The van der Waals surface area contributed by atoms with E-state index in [0.717, 1.165) is 0 Å². The van der Waals surface area contributed by atoms with E-state index in [0.29, 0.717) is 45.1 Å². The molecule has 204 valence electrons. The van der Waals surface area contributed by atoms with E-state index in [4.69, 9.17) is 10.2 Å². The summed E-state index contributed by atoms with van der Waals surface area (Å²) < 4.78 is 2.65. The Bertz CT molecular complexity index is 1380. The minimum absolute atomic E-state index is 0.0464. The van der Waals surface area contributed by atoms with Crippen molar-refractivity contribution >= 4 is 35.4 Å². The minimum Gasteiger partial charge on any atom is -0.493 e. The van der Waals surface area contributed by atoms with E-state index in [-0.39, 0.29) is 49.9 Å². The predicted octanol–water partition coefficient (Wildman–Crippen LogP) is 0.149. The number of aryl methyl sites for hydroxylation is 3. The number of aliphatic hydroxyl groups is 2. The number of hydrazone groups is 2. The molecule has 14 nitrogen and oxygen atoms in total. The van der Waals surface area contributed by atoms with Crippen molar-refractivity contribution in [3.8, 4) is 11.8 Å². The second-order valence-corrected chi connectivity index (χ2v) is 8.68. The third-order valence-electron chi connectivity index (χ3n) is 5.92. The molecule has 2 amide bonds. The number of β-amino-alcohol motifs (C(OH)–C–C–N with tert-alkyl or cyclic N) is 1. The first-order valence-corrected chi connectivity index (χ1v) is 11.8. The van der Waals surface area contributed by atoms with Crippen molar-refractivity contribution in [1.29, 1.82) is 0 Å². The van der Waals surface area contributed by atoms with Crippen LogP contribution in [0.1, 0.15) is 36.4 Å². The largest absolute Gasteiger partial charge is 0.493 e. The molecule has 4 N–H and O–H groups in total. The number of carbonyl (C=O) groups excluding carboxylic acids is 2. The first-order chi connectivity index (χ1) is 17.9. The maximum absolute atomic E-state index is 12.1. The number of nitrogens with zero attached hydrogens (tertiary/aromatic N) is 8. The first kappa shape index (κ1) is 28.3. The van der Waals surface area contributed by atoms with Crippen LogP contribution in [0.15, 0.2) is 21.3 Å². The number of amides is 2. The van der Waals surface area contributed by atoms with E-state index in [1.54, 1.807) is 47.9 Å². The number of hydrogen-bond donors (Lipinski definition) is 4. The number of carbonyl (C=O) groups is 2. The molecule has 0 fully saturated rings. The number of aromatic hydroxyl groups is 2. The van der Waals surface area contributed by atoms with Gasteiger partial charge in [-0.15, -0.1) is 0 Å². The van der Waals surface area contributed by atoms with E-state index in [2.05, 4.69) is 20.4 Å². The lowest BCUT2D eigenvalue weighted by Crippen LogP contribution is -2.25. The van der Waals surface area contributed by atoms with Crippen LogP contribution in [0.2, 0.25) is 0 Å². The van der Waals surface area contributed by atoms with Gasteiger partial charge in [0.05, 0.1) is 71.4 Å². The molecule has 0 aliphatic carbocycles. The van der Waals surface area contributed by atoms with Gasteiger partial charge in [0.25, 0.3) is 11.8 Å². The van der Waals surface area contributed by atoms with Crippen LogP contribution in [-0.2, 0) is 23.2 Å². The fraction of sp³-hybridized carbons (Fsp3) is 0.417. The molecule has 0 unspecified atom stereocenters. The van der Waals surface area contributed by atoms with Gasteiger partial charge in [-0.05, 0) is 39.8 Å². The van der Waals surface area contributed by atoms with Crippen molar-refractivity contribution in [2.24, 2.45) is 17.3 Å². The van der Waals surface area contributed by atoms with Crippen molar-refractivity contribution in [2.75, 3.05) is 26.8 Å². The van der Waals surface area contributed by atoms with Crippen LogP contribution in [0, 0.1) is 13.8 Å². The highest BCUT2D eigenvalue weighted by molar-refractivity contribution is 6.27. The smallest absolute Gasteiger partial charge is 0.275 e. The summed E-state index contributed by atoms with van der Waals surface area (Å²) in [5.74, 6) is -0.555. The third-order valence-corrected chi connectivity index (χ3v) is 5.92. The van der Waals surface area contributed by atoms with E-state index in [9.17, 15) is 19.8 Å². The van der Waals surface area contributed by atoms with Crippen molar-refractivity contribution in [2.45, 2.75) is 34.2 Å². The van der Waals surface area contributed by atoms with Gasteiger partial charge in [-0.25, -0.2) is 19.4 Å². The van der Waals surface area contributed by atoms with Crippen LogP contribution in [0.25, 0.3) is 12.2 Å². The maximum Gasteiger partial charge on any atom is 0.275 e. The van der Waals surface area contributed by atoms with Gasteiger partial charge in [0, 0.05) is 14.1 Å². The summed E-state index contributed by atoms with van der Waals surface area (Å²) >= 11 is 0. The molecule has 4 rings (SSSR count). The van der Waals surface area contributed by atoms with Crippen molar-refractivity contribution in [3.63, 3.8) is 0 Å². The average molecular weight is 529 g/mol. The molecule has 0 bridgehead atoms. The molecule has 0 atom stereocenters. The molecule has 0 spiro atoms. The Labute approximate surface area is 219 Å². The number of likely N-dealkylation sites (N-methyl/N-ethyl adjacent to an activating group) is 1. The third kappa shape index (κ3) is 5.50. The van der Waals surface area contributed by atoms with Crippen molar-refractivity contribution < 1.29 is 30.0 Å². The van der Waals surface area contributed by atoms with Gasteiger partial charge in [-0.3, -0.25) is 9.59 Å². The molecule has 2 aromatic heterocycles. The standard InChI is InChI=1S/C13H18N4O4.C11H14N4O2/c1-8-10(12(20)16(14-8)3-5-18)7-11-9(2)15-17(4-6-19)13(11)21;1-6-8(10(16)14(3)12-6)5-9-7(2)13-15(4)11(9)17/h7,18-20H,3-6H2,1-2H3;5,16H,1-4H3. The van der Waals surface area contributed by atoms with Gasteiger partial charge in [0.15, 0.2) is 0 Å². The summed E-state index contributed by atoms with van der Waals surface area (Å²) in [5, 5.41) is 56.5. The van der Waals surface area contributed by atoms with E-state index < -0.39 is 0 Å². The zero-order valence-corrected chi connectivity index (χ0v) is 22.2. The summed E-state index contributed by atoms with van der Waals surface area (Å²) in [5.41, 5.74) is 4.20. The summed E-state index contributed by atoms with van der Waals surface area (Å²) in [6, 6.07) is 0. The summed E-state index contributed by atoms with van der Waals surface area (Å²) in [6.45, 7) is 6.92. The molecule has 14 heteroatoms. The number of rotatable bonds is 6. The number of aliphatic hydroxyl groups excluding tert-OH is 2. The van der Waals surface area contributed by atoms with E-state index in [1.165, 1.54) is 25.5 Å². The van der Waals surface area contributed by atoms with E-state index >= 15 is 0 Å². The molecule has 0 saturated heterocycles. The van der Waals surface area contributed by atoms with Crippen molar-refractivity contribution in [1.82, 2.24) is 29.6 Å². The van der Waals surface area contributed by atoms with Gasteiger partial charge in [0.1, 0.15) is 0 Å². The topological polar surface area (TPSA) is 182 Å². The quantitative estimate of drug-likeness (QED) is 0.382. The van der Waals surface area contributed by atoms with Gasteiger partial charge >= 0.3 is 0 Å². The maximum atomic E-state index is 12.1. The van der Waals surface area contributed by atoms with Crippen molar-refractivity contribution in [3.05, 3.63) is 33.7 Å². The fourth-order valence-electron chi connectivity index (χ4n) is 3.93. The monoisotopic (exact) mass is 528 g/mol. The van der Waals surface area contributed by atoms with E-state index in [1.807, 2.05) is 0 Å². The lowest BCUT2D eigenvalue weighted by molar-refractivity contribution is -0.126. The number of hydrogen-bond acceptors (Lipinski definition) is 10. The number of aromatic nitrogens is 4. The second-order valence-electron chi connectivity index (χ2n) is 8.68. The molecule has 0 radical (unpaired) electrons. The summed E-state index contributed by atoms with van der Waals surface area (Å²) in [7, 11) is 3.25. The molecule has 0 aromatic carbocycles. The molecular weight excluding hydrogens is 496 g/mol. The van der Waals surface area contributed by atoms with Gasteiger partial charge < -0.3 is 20.4 Å². The molecule has 38 heavy (non-hydrogen) atoms. The highest BCUT2D eigenvalue weighted by Gasteiger charge is 2.28. The zero-order valence-electron chi connectivity index (χ0n) is 22.2. The van der Waals surface area contributed by atoms with Gasteiger partial charge in [-0.2, -0.15) is 20.4 Å². The highest BCUT2D eigenvalue weighted by Crippen LogP contribution is 2.27. The molecule has 2 aliphatic rings. The van der Waals surface area contributed by atoms with Crippen LogP contribution in [-0.4, -0.2) is 100 Å². The Morgan fingerprint density at radius 2 is 1.26 bits per heavy atom. The summed E-state index contributed by atoms with van der Waals surface area (Å²) in [6.07, 6.45) is 3.16. The SMILES string of the molecule is CC1=NN(C)C(=O)C1=Cc1c(C)nn(C)c1O.CC1=NN(CCO)C(=O)C1=Cc1c(C)nn(CCO)c1O. The molecule has 2 aromatic rings. The predicted molar refractivity (Wildman–Crippen MR) is 139 cm³/mol. The first-order valence-electron chi connectivity index (χ1n) is 11.8. The molecule has 0 saturated carbocycles. The Balaban J connectivity index is 0.000000215. The van der Waals surface area contributed by atoms with Crippen LogP contribution >= 0.6 is 0 Å². The normalized spacial score (nSPS) is 17.5. The average Bonchev–Trinajstić information content (AvgIpc) is 3.46. The Morgan fingerprint density at radius 1 is 0.737 bits per heavy atom. The minimum atomic E-state index is -0.324. The Kier molecular flexibility index (Phi) is 8.48. The van der Waals surface area contributed by atoms with Gasteiger partial charge in [0.2, 0.25) is 11.8 Å². The Hall–Kier alpha value is -4.30. The lowest BCUT2D eigenvalue weighted by atomic mass is 10.1. The molecular formula is C24H32N8O6. The van der Waals surface area contributed by atoms with Crippen LogP contribution in [0.4, 0.5) is 0 Å². The second kappa shape index (κ2) is 11.4. The van der Waals surface area contributed by atoms with Gasteiger partial charge in [-0.1, -0.05) is 0 Å². The van der Waals surface area contributed by atoms with Crippen LogP contribution in [0.5, 0.6) is 11.8 Å². The zero-order chi connectivity index (χ0) is 28.3. The molecule has 2 aliphatic heterocycles. The Morgan fingerprint density at radius 3 is 1.76 bits per heavy atom. The highest BCUT2D eigenvalue weighted by atomic mass is 16.3. The summed E-state index contributed by atoms with van der Waals surface area (Å²) in [4.78, 5) is 23.9.